The lowest BCUT2D eigenvalue weighted by atomic mass is 10.2. The van der Waals surface area contributed by atoms with Gasteiger partial charge < -0.3 is 10.4 Å². The van der Waals surface area contributed by atoms with E-state index >= 15 is 0 Å². The first-order chi connectivity index (χ1) is 8.60. The first-order valence-corrected chi connectivity index (χ1v) is 6.74. The zero-order chi connectivity index (χ0) is 13.1. The molecular formula is C11H15N3O3S. The van der Waals surface area contributed by atoms with Crippen molar-refractivity contribution < 1.29 is 14.7 Å². The summed E-state index contributed by atoms with van der Waals surface area (Å²) in [7, 11) is 0. The molecule has 1 atom stereocenters. The van der Waals surface area contributed by atoms with Gasteiger partial charge in [0.2, 0.25) is 0 Å². The van der Waals surface area contributed by atoms with Crippen molar-refractivity contribution in [2.45, 2.75) is 38.1 Å². The maximum atomic E-state index is 11.6. The van der Waals surface area contributed by atoms with Crippen LogP contribution in [0.15, 0.2) is 5.38 Å². The lowest BCUT2D eigenvalue weighted by Crippen LogP contribution is -2.42. The van der Waals surface area contributed by atoms with Crippen LogP contribution >= 0.6 is 11.3 Å². The molecule has 0 saturated heterocycles. The van der Waals surface area contributed by atoms with Gasteiger partial charge in [0.1, 0.15) is 6.04 Å². The predicted molar refractivity (Wildman–Crippen MR) is 68.0 cm³/mol. The van der Waals surface area contributed by atoms with Gasteiger partial charge in [-0.1, -0.05) is 6.92 Å². The maximum Gasteiger partial charge on any atom is 0.326 e. The van der Waals surface area contributed by atoms with Crippen molar-refractivity contribution in [3.05, 3.63) is 11.1 Å². The van der Waals surface area contributed by atoms with Crippen molar-refractivity contribution in [3.63, 3.8) is 0 Å². The first kappa shape index (κ1) is 12.8. The van der Waals surface area contributed by atoms with Crippen molar-refractivity contribution in [1.29, 1.82) is 0 Å². The van der Waals surface area contributed by atoms with Gasteiger partial charge >= 0.3 is 12.0 Å². The molecule has 7 heteroatoms. The Kier molecular flexibility index (Phi) is 3.81. The molecule has 1 fully saturated rings. The molecule has 0 bridgehead atoms. The molecule has 1 aliphatic rings. The fourth-order valence-electron chi connectivity index (χ4n) is 1.54. The fourth-order valence-corrected chi connectivity index (χ4v) is 2.33. The van der Waals surface area contributed by atoms with Gasteiger partial charge in [-0.2, -0.15) is 0 Å². The van der Waals surface area contributed by atoms with E-state index in [1.165, 1.54) is 11.3 Å². The summed E-state index contributed by atoms with van der Waals surface area (Å²) in [5.41, 5.74) is 1.01. The number of thiazole rings is 1. The van der Waals surface area contributed by atoms with Crippen LogP contribution in [0.25, 0.3) is 0 Å². The Labute approximate surface area is 108 Å². The van der Waals surface area contributed by atoms with Crippen LogP contribution in [0.4, 0.5) is 9.93 Å². The zero-order valence-corrected chi connectivity index (χ0v) is 10.8. The molecular weight excluding hydrogens is 254 g/mol. The van der Waals surface area contributed by atoms with Crippen molar-refractivity contribution >= 4 is 28.5 Å². The minimum atomic E-state index is -1.04. The Morgan fingerprint density at radius 3 is 2.89 bits per heavy atom. The largest absolute Gasteiger partial charge is 0.480 e. The van der Waals surface area contributed by atoms with E-state index < -0.39 is 18.0 Å². The van der Waals surface area contributed by atoms with Gasteiger partial charge in [-0.3, -0.25) is 5.32 Å². The molecule has 1 aromatic rings. The number of carbonyl (C=O) groups excluding carboxylic acids is 1. The minimum Gasteiger partial charge on any atom is -0.480 e. The summed E-state index contributed by atoms with van der Waals surface area (Å²) >= 11 is 1.36. The van der Waals surface area contributed by atoms with Crippen molar-refractivity contribution in [2.24, 2.45) is 0 Å². The topological polar surface area (TPSA) is 91.3 Å². The quantitative estimate of drug-likeness (QED) is 0.762. The normalized spacial score (nSPS) is 16.1. The molecule has 1 unspecified atom stereocenters. The number of nitrogens with zero attached hydrogens (tertiary/aromatic N) is 1. The third kappa shape index (κ3) is 3.19. The van der Waals surface area contributed by atoms with Gasteiger partial charge in [-0.15, -0.1) is 11.3 Å². The number of carboxylic acid groups (broad SMARTS) is 1. The standard InChI is InChI=1S/C11H15N3O3S/c1-2-7(9(15)16)12-10(17)14-11-13-8(5-18-11)6-3-4-6/h5-7H,2-4H2,1H3,(H,15,16)(H2,12,13,14,17). The van der Waals surface area contributed by atoms with Crippen LogP contribution in [0.5, 0.6) is 0 Å². The number of anilines is 1. The number of nitrogens with one attached hydrogen (secondary N) is 2. The number of urea groups is 1. The summed E-state index contributed by atoms with van der Waals surface area (Å²) in [5.74, 6) is -0.493. The maximum absolute atomic E-state index is 11.6. The molecule has 2 amide bonds. The molecule has 1 aliphatic carbocycles. The molecule has 0 spiro atoms. The second kappa shape index (κ2) is 5.34. The van der Waals surface area contributed by atoms with Crippen molar-refractivity contribution in [1.82, 2.24) is 10.3 Å². The van der Waals surface area contributed by atoms with E-state index in [0.717, 1.165) is 18.5 Å². The highest BCUT2D eigenvalue weighted by Crippen LogP contribution is 2.40. The molecule has 18 heavy (non-hydrogen) atoms. The van der Waals surface area contributed by atoms with E-state index in [1.54, 1.807) is 6.92 Å². The van der Waals surface area contributed by atoms with E-state index in [1.807, 2.05) is 5.38 Å². The Morgan fingerprint density at radius 2 is 2.33 bits per heavy atom. The molecule has 1 aromatic heterocycles. The molecule has 1 saturated carbocycles. The van der Waals surface area contributed by atoms with Gasteiger partial charge in [0.05, 0.1) is 5.69 Å². The van der Waals surface area contributed by atoms with Gasteiger partial charge in [-0.25, -0.2) is 14.6 Å². The van der Waals surface area contributed by atoms with Crippen LogP contribution in [-0.4, -0.2) is 28.1 Å². The smallest absolute Gasteiger partial charge is 0.326 e. The van der Waals surface area contributed by atoms with Gasteiger partial charge in [0.25, 0.3) is 0 Å². The summed E-state index contributed by atoms with van der Waals surface area (Å²) in [4.78, 5) is 26.6. The van der Waals surface area contributed by atoms with Crippen molar-refractivity contribution in [3.8, 4) is 0 Å². The summed E-state index contributed by atoms with van der Waals surface area (Å²) < 4.78 is 0. The van der Waals surface area contributed by atoms with E-state index in [4.69, 9.17) is 5.11 Å². The summed E-state index contributed by atoms with van der Waals surface area (Å²) in [5, 5.41) is 16.2. The Balaban J connectivity index is 1.87. The zero-order valence-electron chi connectivity index (χ0n) is 9.97. The number of carbonyl (C=O) groups is 2. The van der Waals surface area contributed by atoms with E-state index in [-0.39, 0.29) is 0 Å². The molecule has 3 N–H and O–H groups in total. The van der Waals surface area contributed by atoms with E-state index in [0.29, 0.717) is 17.5 Å². The van der Waals surface area contributed by atoms with Crippen LogP contribution < -0.4 is 10.6 Å². The summed E-state index contributed by atoms with van der Waals surface area (Å²) in [6.07, 6.45) is 2.66. The number of amides is 2. The molecule has 2 rings (SSSR count). The first-order valence-electron chi connectivity index (χ1n) is 5.86. The van der Waals surface area contributed by atoms with Gasteiger partial charge in [0.15, 0.2) is 5.13 Å². The second-order valence-electron chi connectivity index (χ2n) is 4.25. The number of hydrogen-bond acceptors (Lipinski definition) is 4. The molecule has 0 aromatic carbocycles. The molecule has 98 valence electrons. The molecule has 1 heterocycles. The molecule has 6 nitrogen and oxygen atoms in total. The minimum absolute atomic E-state index is 0.341. The third-order valence-corrected chi connectivity index (χ3v) is 3.53. The van der Waals surface area contributed by atoms with Crippen LogP contribution in [0, 0.1) is 0 Å². The second-order valence-corrected chi connectivity index (χ2v) is 5.11. The molecule has 0 radical (unpaired) electrons. The Bertz CT molecular complexity index is 456. The van der Waals surface area contributed by atoms with E-state index in [2.05, 4.69) is 15.6 Å². The average Bonchev–Trinajstić information content (AvgIpc) is 3.07. The van der Waals surface area contributed by atoms with Gasteiger partial charge in [-0.05, 0) is 19.3 Å². The Morgan fingerprint density at radius 1 is 1.61 bits per heavy atom. The number of aromatic nitrogens is 1. The van der Waals surface area contributed by atoms with Crippen LogP contribution in [-0.2, 0) is 4.79 Å². The van der Waals surface area contributed by atoms with Crippen LogP contribution in [0.1, 0.15) is 37.8 Å². The highest BCUT2D eigenvalue weighted by atomic mass is 32.1. The number of rotatable bonds is 5. The lowest BCUT2D eigenvalue weighted by molar-refractivity contribution is -0.139. The highest BCUT2D eigenvalue weighted by Gasteiger charge is 2.26. The third-order valence-electron chi connectivity index (χ3n) is 2.75. The fraction of sp³-hybridized carbons (Fsp3) is 0.545. The number of aliphatic carboxylic acids is 1. The van der Waals surface area contributed by atoms with Crippen molar-refractivity contribution in [2.75, 3.05) is 5.32 Å². The number of hydrogen-bond donors (Lipinski definition) is 3. The van der Waals surface area contributed by atoms with Crippen LogP contribution in [0.2, 0.25) is 0 Å². The lowest BCUT2D eigenvalue weighted by Gasteiger charge is -2.11. The van der Waals surface area contributed by atoms with Gasteiger partial charge in [0, 0.05) is 11.3 Å². The number of carboxylic acids is 1. The highest BCUT2D eigenvalue weighted by molar-refractivity contribution is 7.13. The monoisotopic (exact) mass is 269 g/mol. The predicted octanol–water partition coefficient (Wildman–Crippen LogP) is 2.01. The Hall–Kier alpha value is -1.63. The SMILES string of the molecule is CCC(NC(=O)Nc1nc(C2CC2)cs1)C(=O)O. The summed E-state index contributed by atoms with van der Waals surface area (Å²) in [6, 6.07) is -1.39. The molecule has 0 aliphatic heterocycles. The van der Waals surface area contributed by atoms with Crippen LogP contribution in [0.3, 0.4) is 0 Å². The summed E-state index contributed by atoms with van der Waals surface area (Å²) in [6.45, 7) is 1.70. The van der Waals surface area contributed by atoms with E-state index in [9.17, 15) is 9.59 Å². The average molecular weight is 269 g/mol.